The smallest absolute Gasteiger partial charge is 0.354 e. The van der Waals surface area contributed by atoms with Crippen molar-refractivity contribution in [2.75, 3.05) is 18.4 Å². The molecular formula is C33H38ClFN8O2S. The Morgan fingerprint density at radius 3 is 2.70 bits per heavy atom. The number of anilines is 1. The average Bonchev–Trinajstić information content (AvgIpc) is 3.69. The zero-order valence-electron chi connectivity index (χ0n) is 25.8. The third kappa shape index (κ3) is 8.71. The number of nitrogens with zero attached hydrogens (tertiary/aromatic N) is 4. The fourth-order valence-corrected chi connectivity index (χ4v) is 5.87. The molecule has 0 spiro atoms. The number of aryl methyl sites for hydroxylation is 1. The first-order valence-electron chi connectivity index (χ1n) is 15.2. The van der Waals surface area contributed by atoms with Crippen LogP contribution in [0.15, 0.2) is 70.0 Å². The van der Waals surface area contributed by atoms with Gasteiger partial charge in [0, 0.05) is 41.8 Å². The lowest BCUT2D eigenvalue weighted by molar-refractivity contribution is 0.0453. The van der Waals surface area contributed by atoms with E-state index in [1.54, 1.807) is 24.5 Å². The number of aliphatic imine (C=N–C) groups is 1. The molecule has 5 aromatic rings. The van der Waals surface area contributed by atoms with E-state index in [1.807, 2.05) is 35.7 Å². The number of halogens is 2. The molecule has 0 aliphatic carbocycles. The van der Waals surface area contributed by atoms with Gasteiger partial charge in [-0.2, -0.15) is 4.98 Å². The second-order valence-corrected chi connectivity index (χ2v) is 12.8. The van der Waals surface area contributed by atoms with Crippen molar-refractivity contribution in [2.45, 2.75) is 52.2 Å². The molecule has 2 aromatic carbocycles. The summed E-state index contributed by atoms with van der Waals surface area (Å²) in [4.78, 5) is 28.7. The van der Waals surface area contributed by atoms with Crippen LogP contribution in [0.25, 0.3) is 28.0 Å². The minimum atomic E-state index is -0.508. The highest BCUT2D eigenvalue weighted by atomic mass is 35.5. The number of aromatic amines is 1. The van der Waals surface area contributed by atoms with Gasteiger partial charge < -0.3 is 26.5 Å². The molecule has 0 aliphatic rings. The number of nitrogens with two attached hydrogens (primary N) is 2. The second kappa shape index (κ2) is 15.4. The summed E-state index contributed by atoms with van der Waals surface area (Å²) in [5.41, 5.74) is 14.3. The minimum absolute atomic E-state index is 0.0410. The Hall–Kier alpha value is -4.26. The van der Waals surface area contributed by atoms with Crippen LogP contribution in [0.3, 0.4) is 0 Å². The second-order valence-electron chi connectivity index (χ2n) is 11.5. The summed E-state index contributed by atoms with van der Waals surface area (Å²) in [5, 5.41) is 6.73. The molecule has 10 nitrogen and oxygen atoms in total. The molecule has 0 fully saturated rings. The number of nitrogens with one attached hydrogen (secondary N) is 2. The molecule has 46 heavy (non-hydrogen) atoms. The van der Waals surface area contributed by atoms with Gasteiger partial charge in [0.15, 0.2) is 16.9 Å². The SMILES string of the molecule is CC(C)CCCc1cc(Cl)c(F)c(-c2cc3cn(-c4ccc(CO[C@@H](CCN=C(N)N)CNc5nccs5)cc4)c(=O)nc3[nH]2)c1. The van der Waals surface area contributed by atoms with E-state index in [0.717, 1.165) is 35.5 Å². The molecule has 3 heterocycles. The highest BCUT2D eigenvalue weighted by molar-refractivity contribution is 7.13. The number of hydrogen-bond acceptors (Lipinski definition) is 7. The third-order valence-corrected chi connectivity index (χ3v) is 8.50. The lowest BCUT2D eigenvalue weighted by Gasteiger charge is -2.18. The molecule has 0 saturated carbocycles. The molecule has 0 radical (unpaired) electrons. The van der Waals surface area contributed by atoms with Crippen molar-refractivity contribution in [3.8, 4) is 16.9 Å². The number of ether oxygens (including phenoxy) is 1. The van der Waals surface area contributed by atoms with Gasteiger partial charge in [0.05, 0.1) is 29.1 Å². The molecule has 6 N–H and O–H groups in total. The molecule has 0 unspecified atom stereocenters. The predicted molar refractivity (Wildman–Crippen MR) is 184 cm³/mol. The lowest BCUT2D eigenvalue weighted by atomic mass is 10.00. The van der Waals surface area contributed by atoms with Crippen LogP contribution in [0.4, 0.5) is 9.52 Å². The van der Waals surface area contributed by atoms with Crippen molar-refractivity contribution < 1.29 is 9.13 Å². The highest BCUT2D eigenvalue weighted by Gasteiger charge is 2.16. The summed E-state index contributed by atoms with van der Waals surface area (Å²) in [7, 11) is 0. The summed E-state index contributed by atoms with van der Waals surface area (Å²) in [6.07, 6.45) is 6.76. The number of H-pyrrole nitrogens is 1. The summed E-state index contributed by atoms with van der Waals surface area (Å²) < 4.78 is 22.8. The molecule has 0 saturated heterocycles. The first kappa shape index (κ1) is 33.1. The molecule has 0 bridgehead atoms. The van der Waals surface area contributed by atoms with Crippen LogP contribution in [-0.4, -0.2) is 44.7 Å². The van der Waals surface area contributed by atoms with E-state index in [0.29, 0.717) is 60.0 Å². The minimum Gasteiger partial charge on any atom is -0.372 e. The van der Waals surface area contributed by atoms with E-state index in [1.165, 1.54) is 15.9 Å². The van der Waals surface area contributed by atoms with Crippen LogP contribution in [0.2, 0.25) is 5.02 Å². The predicted octanol–water partition coefficient (Wildman–Crippen LogP) is 6.27. The van der Waals surface area contributed by atoms with Crippen LogP contribution < -0.4 is 22.5 Å². The maximum atomic E-state index is 15.1. The van der Waals surface area contributed by atoms with E-state index in [-0.39, 0.29) is 17.1 Å². The Labute approximate surface area is 275 Å². The Balaban J connectivity index is 1.30. The van der Waals surface area contributed by atoms with Gasteiger partial charge in [-0.1, -0.05) is 44.0 Å². The van der Waals surface area contributed by atoms with E-state index >= 15 is 4.39 Å². The quantitative estimate of drug-likeness (QED) is 0.0761. The summed E-state index contributed by atoms with van der Waals surface area (Å²) in [5.74, 6) is 0.126. The molecular weight excluding hydrogens is 627 g/mol. The van der Waals surface area contributed by atoms with E-state index in [9.17, 15) is 4.79 Å². The zero-order chi connectivity index (χ0) is 32.6. The van der Waals surface area contributed by atoms with Gasteiger partial charge >= 0.3 is 5.69 Å². The fraction of sp³-hybridized carbons (Fsp3) is 0.333. The molecule has 242 valence electrons. The Morgan fingerprint density at radius 1 is 1.17 bits per heavy atom. The molecule has 13 heteroatoms. The van der Waals surface area contributed by atoms with Crippen LogP contribution in [0.1, 0.15) is 44.2 Å². The molecule has 3 aromatic heterocycles. The number of benzene rings is 2. The van der Waals surface area contributed by atoms with Crippen molar-refractivity contribution >= 4 is 45.1 Å². The largest absolute Gasteiger partial charge is 0.372 e. The van der Waals surface area contributed by atoms with Gasteiger partial charge in [0.1, 0.15) is 5.65 Å². The molecule has 0 amide bonds. The monoisotopic (exact) mass is 664 g/mol. The number of guanidine groups is 1. The number of fused-ring (bicyclic) bond motifs is 1. The molecule has 1 atom stereocenters. The number of aromatic nitrogens is 4. The van der Waals surface area contributed by atoms with Crippen molar-refractivity contribution in [1.29, 1.82) is 0 Å². The number of hydrogen-bond donors (Lipinski definition) is 4. The maximum Gasteiger partial charge on any atom is 0.354 e. The van der Waals surface area contributed by atoms with Crippen molar-refractivity contribution in [3.63, 3.8) is 0 Å². The third-order valence-electron chi connectivity index (χ3n) is 7.49. The van der Waals surface area contributed by atoms with Crippen LogP contribution in [-0.2, 0) is 17.8 Å². The Morgan fingerprint density at radius 2 is 1.98 bits per heavy atom. The maximum absolute atomic E-state index is 15.1. The zero-order valence-corrected chi connectivity index (χ0v) is 27.4. The number of rotatable bonds is 15. The molecule has 0 aliphatic heterocycles. The van der Waals surface area contributed by atoms with E-state index < -0.39 is 11.5 Å². The fourth-order valence-electron chi connectivity index (χ4n) is 5.09. The average molecular weight is 665 g/mol. The normalized spacial score (nSPS) is 12.1. The topological polar surface area (TPSA) is 149 Å². The van der Waals surface area contributed by atoms with Gasteiger partial charge in [-0.15, -0.1) is 11.3 Å². The van der Waals surface area contributed by atoms with Gasteiger partial charge in [-0.05, 0) is 66.6 Å². The number of thiazole rings is 1. The van der Waals surface area contributed by atoms with E-state index in [4.69, 9.17) is 27.8 Å². The first-order valence-corrected chi connectivity index (χ1v) is 16.4. The van der Waals surface area contributed by atoms with Crippen LogP contribution in [0, 0.1) is 11.7 Å². The summed E-state index contributed by atoms with van der Waals surface area (Å²) >= 11 is 7.79. The van der Waals surface area contributed by atoms with Crippen LogP contribution >= 0.6 is 22.9 Å². The van der Waals surface area contributed by atoms with E-state index in [2.05, 4.69) is 39.1 Å². The standard InChI is InChI=1S/C33H38ClFN8O2S/c1-20(2)4-3-5-22-14-26(29(35)27(34)15-22)28-16-23-18-43(33(44)42-30(23)41-28)24-8-6-21(7-9-24)19-45-25(10-11-38-31(36)37)17-40-32-39-12-13-46-32/h6-9,12-16,18,20,25H,3-5,10-11,17,19H2,1-2H3,(H,39,40)(H4,36,37,38)(H,41,42,44)/t25-/m0/s1. The van der Waals surface area contributed by atoms with Gasteiger partial charge in [-0.25, -0.2) is 14.2 Å². The Bertz CT molecular complexity index is 1830. The first-order chi connectivity index (χ1) is 22.2. The van der Waals surface area contributed by atoms with Crippen LogP contribution in [0.5, 0.6) is 0 Å². The summed E-state index contributed by atoms with van der Waals surface area (Å²) in [6.45, 7) is 5.70. The van der Waals surface area contributed by atoms with Crippen molar-refractivity contribution in [2.24, 2.45) is 22.4 Å². The molecule has 5 rings (SSSR count). The lowest BCUT2D eigenvalue weighted by Crippen LogP contribution is -2.26. The van der Waals surface area contributed by atoms with Crippen molar-refractivity contribution in [1.82, 2.24) is 19.5 Å². The van der Waals surface area contributed by atoms with Crippen molar-refractivity contribution in [3.05, 3.63) is 92.7 Å². The highest BCUT2D eigenvalue weighted by Crippen LogP contribution is 2.31. The van der Waals surface area contributed by atoms with Gasteiger partial charge in [-0.3, -0.25) is 9.56 Å². The Kier molecular flexibility index (Phi) is 11.1. The van der Waals surface area contributed by atoms with Gasteiger partial charge in [0.25, 0.3) is 0 Å². The van der Waals surface area contributed by atoms with Gasteiger partial charge in [0.2, 0.25) is 0 Å². The summed E-state index contributed by atoms with van der Waals surface area (Å²) in [6, 6.07) is 12.8.